The quantitative estimate of drug-likeness (QED) is 0.871. The minimum atomic E-state index is -0.209. The molecule has 1 heterocycles. The second kappa shape index (κ2) is 6.12. The zero-order chi connectivity index (χ0) is 15.7. The topological polar surface area (TPSA) is 52.9 Å². The van der Waals surface area contributed by atoms with Gasteiger partial charge in [0.1, 0.15) is 11.1 Å². The van der Waals surface area contributed by atoms with Crippen LogP contribution in [0.15, 0.2) is 24.3 Å². The lowest BCUT2D eigenvalue weighted by molar-refractivity contribution is 0.102. The van der Waals surface area contributed by atoms with Crippen molar-refractivity contribution in [1.29, 1.82) is 5.26 Å². The van der Waals surface area contributed by atoms with Crippen molar-refractivity contribution in [1.82, 2.24) is 0 Å². The second-order valence-corrected chi connectivity index (χ2v) is 7.17. The van der Waals surface area contributed by atoms with Gasteiger partial charge < -0.3 is 5.32 Å². The minimum absolute atomic E-state index is 0.209. The monoisotopic (exact) mass is 330 g/mol. The van der Waals surface area contributed by atoms with Gasteiger partial charge in [-0.3, -0.25) is 4.79 Å². The van der Waals surface area contributed by atoms with Crippen LogP contribution >= 0.6 is 22.9 Å². The van der Waals surface area contributed by atoms with Crippen LogP contribution in [0.4, 0.5) is 5.00 Å². The zero-order valence-corrected chi connectivity index (χ0v) is 13.7. The van der Waals surface area contributed by atoms with E-state index in [1.807, 2.05) is 0 Å². The summed E-state index contributed by atoms with van der Waals surface area (Å²) in [4.78, 5) is 13.6. The number of benzene rings is 1. The van der Waals surface area contributed by atoms with Gasteiger partial charge in [-0.2, -0.15) is 5.26 Å². The Kier molecular flexibility index (Phi) is 4.19. The standard InChI is InChI=1S/C17H15ClN2OS/c1-10-2-7-15-13(8-10)14(9-19)17(22-15)20-16(21)11-3-5-12(18)6-4-11/h3-6,10H,2,7-8H2,1H3,(H,20,21). The number of aryl methyl sites for hydroxylation is 1. The molecule has 112 valence electrons. The summed E-state index contributed by atoms with van der Waals surface area (Å²) >= 11 is 7.37. The summed E-state index contributed by atoms with van der Waals surface area (Å²) in [5.74, 6) is 0.383. The third kappa shape index (κ3) is 2.87. The number of nitrogens with one attached hydrogen (secondary N) is 1. The SMILES string of the molecule is CC1CCc2sc(NC(=O)c3ccc(Cl)cc3)c(C#N)c2C1. The smallest absolute Gasteiger partial charge is 0.256 e. The van der Waals surface area contributed by atoms with Gasteiger partial charge in [-0.15, -0.1) is 11.3 Å². The average molecular weight is 331 g/mol. The Balaban J connectivity index is 1.88. The van der Waals surface area contributed by atoms with E-state index in [9.17, 15) is 10.1 Å². The van der Waals surface area contributed by atoms with Crippen molar-refractivity contribution >= 4 is 33.8 Å². The molecule has 0 spiro atoms. The van der Waals surface area contributed by atoms with Crippen LogP contribution in [0.3, 0.4) is 0 Å². The number of carbonyl (C=O) groups is 1. The summed E-state index contributed by atoms with van der Waals surface area (Å²) in [5.41, 5.74) is 2.29. The van der Waals surface area contributed by atoms with Crippen molar-refractivity contribution in [2.24, 2.45) is 5.92 Å². The summed E-state index contributed by atoms with van der Waals surface area (Å²) in [6, 6.07) is 8.99. The highest BCUT2D eigenvalue weighted by Crippen LogP contribution is 2.39. The number of halogens is 1. The van der Waals surface area contributed by atoms with Crippen LogP contribution in [0.5, 0.6) is 0 Å². The third-order valence-corrected chi connectivity index (χ3v) is 5.41. The van der Waals surface area contributed by atoms with E-state index in [1.165, 1.54) is 16.2 Å². The van der Waals surface area contributed by atoms with Crippen molar-refractivity contribution in [2.75, 3.05) is 5.32 Å². The molecule has 2 aromatic rings. The summed E-state index contributed by atoms with van der Waals surface area (Å²) < 4.78 is 0. The molecule has 1 amide bonds. The largest absolute Gasteiger partial charge is 0.312 e. The number of carbonyl (C=O) groups excluding carboxylic acids is 1. The molecular weight excluding hydrogens is 316 g/mol. The highest BCUT2D eigenvalue weighted by atomic mass is 35.5. The van der Waals surface area contributed by atoms with Gasteiger partial charge in [0.2, 0.25) is 0 Å². The van der Waals surface area contributed by atoms with E-state index >= 15 is 0 Å². The molecule has 0 radical (unpaired) electrons. The molecule has 0 saturated carbocycles. The molecule has 1 aliphatic carbocycles. The maximum Gasteiger partial charge on any atom is 0.256 e. The summed E-state index contributed by atoms with van der Waals surface area (Å²) in [7, 11) is 0. The lowest BCUT2D eigenvalue weighted by Gasteiger charge is -2.17. The van der Waals surface area contributed by atoms with Gasteiger partial charge >= 0.3 is 0 Å². The van der Waals surface area contributed by atoms with E-state index in [4.69, 9.17) is 11.6 Å². The number of nitrogens with zero attached hydrogens (tertiary/aromatic N) is 1. The van der Waals surface area contributed by atoms with E-state index in [2.05, 4.69) is 18.3 Å². The molecule has 1 N–H and O–H groups in total. The molecule has 0 saturated heterocycles. The van der Waals surface area contributed by atoms with Gasteiger partial charge in [0.25, 0.3) is 5.91 Å². The van der Waals surface area contributed by atoms with Crippen LogP contribution in [0, 0.1) is 17.2 Å². The molecular formula is C17H15ClN2OS. The van der Waals surface area contributed by atoms with Gasteiger partial charge in [0, 0.05) is 15.5 Å². The van der Waals surface area contributed by atoms with Crippen molar-refractivity contribution in [2.45, 2.75) is 26.2 Å². The van der Waals surface area contributed by atoms with E-state index in [0.717, 1.165) is 24.8 Å². The van der Waals surface area contributed by atoms with Crippen molar-refractivity contribution in [3.05, 3.63) is 50.9 Å². The lowest BCUT2D eigenvalue weighted by Crippen LogP contribution is -2.12. The highest BCUT2D eigenvalue weighted by Gasteiger charge is 2.24. The van der Waals surface area contributed by atoms with E-state index in [1.54, 1.807) is 24.3 Å². The number of hydrogen-bond acceptors (Lipinski definition) is 3. The number of nitriles is 1. The van der Waals surface area contributed by atoms with Gasteiger partial charge in [0.15, 0.2) is 0 Å². The molecule has 1 aromatic heterocycles. The Bertz CT molecular complexity index is 758. The van der Waals surface area contributed by atoms with Gasteiger partial charge in [-0.1, -0.05) is 18.5 Å². The van der Waals surface area contributed by atoms with Crippen LogP contribution < -0.4 is 5.32 Å². The Hall–Kier alpha value is -1.83. The number of thiophene rings is 1. The van der Waals surface area contributed by atoms with Crippen LogP contribution in [0.2, 0.25) is 5.02 Å². The molecule has 1 atom stereocenters. The minimum Gasteiger partial charge on any atom is -0.312 e. The Morgan fingerprint density at radius 1 is 1.41 bits per heavy atom. The molecule has 0 aliphatic heterocycles. The predicted octanol–water partition coefficient (Wildman–Crippen LogP) is 4.65. The first kappa shape index (κ1) is 15.1. The number of anilines is 1. The highest BCUT2D eigenvalue weighted by molar-refractivity contribution is 7.16. The number of amides is 1. The average Bonchev–Trinajstić information content (AvgIpc) is 2.84. The van der Waals surface area contributed by atoms with Crippen molar-refractivity contribution in [3.8, 4) is 6.07 Å². The first-order valence-corrected chi connectivity index (χ1v) is 8.39. The lowest BCUT2D eigenvalue weighted by atomic mass is 9.88. The molecule has 1 aromatic carbocycles. The Labute approximate surface area is 138 Å². The molecule has 3 rings (SSSR count). The number of hydrogen-bond donors (Lipinski definition) is 1. The van der Waals surface area contributed by atoms with E-state index in [0.29, 0.717) is 27.1 Å². The van der Waals surface area contributed by atoms with Crippen LogP contribution in [0.1, 0.15) is 39.7 Å². The second-order valence-electron chi connectivity index (χ2n) is 5.63. The zero-order valence-electron chi connectivity index (χ0n) is 12.1. The molecule has 1 aliphatic rings. The molecule has 5 heteroatoms. The van der Waals surface area contributed by atoms with Gasteiger partial charge in [0.05, 0.1) is 5.56 Å². The number of rotatable bonds is 2. The normalized spacial score (nSPS) is 16.7. The van der Waals surface area contributed by atoms with Gasteiger partial charge in [-0.05, 0) is 55.0 Å². The molecule has 1 unspecified atom stereocenters. The fourth-order valence-electron chi connectivity index (χ4n) is 2.74. The van der Waals surface area contributed by atoms with Crippen molar-refractivity contribution < 1.29 is 4.79 Å². The fraction of sp³-hybridized carbons (Fsp3) is 0.294. The molecule has 22 heavy (non-hydrogen) atoms. The first-order valence-electron chi connectivity index (χ1n) is 7.20. The predicted molar refractivity (Wildman–Crippen MR) is 89.6 cm³/mol. The Morgan fingerprint density at radius 2 is 2.14 bits per heavy atom. The van der Waals surface area contributed by atoms with Crippen LogP contribution in [-0.4, -0.2) is 5.91 Å². The van der Waals surface area contributed by atoms with Crippen LogP contribution in [0.25, 0.3) is 0 Å². The number of fused-ring (bicyclic) bond motifs is 1. The van der Waals surface area contributed by atoms with E-state index < -0.39 is 0 Å². The van der Waals surface area contributed by atoms with E-state index in [-0.39, 0.29) is 5.91 Å². The summed E-state index contributed by atoms with van der Waals surface area (Å²) in [6.07, 6.45) is 3.06. The summed E-state index contributed by atoms with van der Waals surface area (Å²) in [6.45, 7) is 2.20. The van der Waals surface area contributed by atoms with Gasteiger partial charge in [-0.25, -0.2) is 0 Å². The fourth-order valence-corrected chi connectivity index (χ4v) is 4.06. The Morgan fingerprint density at radius 3 is 2.82 bits per heavy atom. The molecule has 0 fully saturated rings. The van der Waals surface area contributed by atoms with Crippen molar-refractivity contribution in [3.63, 3.8) is 0 Å². The molecule has 0 bridgehead atoms. The first-order chi connectivity index (χ1) is 10.6. The maximum absolute atomic E-state index is 12.3. The summed E-state index contributed by atoms with van der Waals surface area (Å²) in [5, 5.41) is 13.6. The van der Waals surface area contributed by atoms with Crippen LogP contribution in [-0.2, 0) is 12.8 Å². The third-order valence-electron chi connectivity index (χ3n) is 3.95. The maximum atomic E-state index is 12.3. The molecule has 3 nitrogen and oxygen atoms in total.